The molecule has 6 heteroatoms. The van der Waals surface area contributed by atoms with Gasteiger partial charge >= 0.3 is 0 Å². The van der Waals surface area contributed by atoms with Crippen LogP contribution < -0.4 is 10.1 Å². The lowest BCUT2D eigenvalue weighted by Crippen LogP contribution is -2.41. The zero-order chi connectivity index (χ0) is 19.8. The molecular formula is C22H29N3O3. The minimum atomic E-state index is -0.0661. The molecule has 0 spiro atoms. The Balaban J connectivity index is 1.79. The highest BCUT2D eigenvalue weighted by Crippen LogP contribution is 2.29. The molecule has 1 N–H and O–H groups in total. The van der Waals surface area contributed by atoms with E-state index in [1.54, 1.807) is 6.08 Å². The first kappa shape index (κ1) is 20.2. The Morgan fingerprint density at radius 3 is 2.93 bits per heavy atom. The zero-order valence-electron chi connectivity index (χ0n) is 16.5. The van der Waals surface area contributed by atoms with Gasteiger partial charge in [0.2, 0.25) is 0 Å². The highest BCUT2D eigenvalue weighted by Gasteiger charge is 2.18. The number of rotatable bonds is 9. The lowest BCUT2D eigenvalue weighted by atomic mass is 10.2. The topological polar surface area (TPSA) is 55.7 Å². The number of aromatic nitrogens is 1. The van der Waals surface area contributed by atoms with E-state index in [4.69, 9.17) is 9.47 Å². The number of fused-ring (bicyclic) bond motifs is 1. The molecule has 0 aliphatic carbocycles. The third-order valence-corrected chi connectivity index (χ3v) is 4.84. The first-order valence-corrected chi connectivity index (χ1v) is 9.80. The van der Waals surface area contributed by atoms with Crippen molar-refractivity contribution in [3.05, 3.63) is 54.8 Å². The van der Waals surface area contributed by atoms with Crippen molar-refractivity contribution in [1.29, 1.82) is 0 Å². The highest BCUT2D eigenvalue weighted by atomic mass is 16.5. The van der Waals surface area contributed by atoms with E-state index in [2.05, 4.69) is 16.8 Å². The number of nitrogens with one attached hydrogen (secondary N) is 1. The van der Waals surface area contributed by atoms with Crippen molar-refractivity contribution in [2.24, 2.45) is 0 Å². The van der Waals surface area contributed by atoms with Crippen molar-refractivity contribution in [1.82, 2.24) is 14.8 Å². The Hall–Kier alpha value is -2.57. The molecule has 2 aromatic rings. The molecule has 6 nitrogen and oxygen atoms in total. The summed E-state index contributed by atoms with van der Waals surface area (Å²) in [5.41, 5.74) is 1.63. The standard InChI is InChI=1S/C22H29N3O3/c1-3-5-10-25-19-7-6-8-21(28-14-4-2)18(19)17-20(25)22(26)23-9-11-24-12-15-27-16-13-24/h3-8,17H,2,9-16H2,1H3,(H,23,26)/b5-3-. The van der Waals surface area contributed by atoms with Gasteiger partial charge in [-0.15, -0.1) is 0 Å². The van der Waals surface area contributed by atoms with Crippen molar-refractivity contribution < 1.29 is 14.3 Å². The number of amides is 1. The fourth-order valence-corrected chi connectivity index (χ4v) is 3.37. The number of carbonyl (C=O) groups is 1. The molecular weight excluding hydrogens is 354 g/mol. The van der Waals surface area contributed by atoms with Crippen LogP contribution in [0.25, 0.3) is 10.9 Å². The summed E-state index contributed by atoms with van der Waals surface area (Å²) in [5, 5.41) is 4.00. The number of nitrogens with zero attached hydrogens (tertiary/aromatic N) is 2. The molecule has 1 saturated heterocycles. The Morgan fingerprint density at radius 1 is 1.36 bits per heavy atom. The fourth-order valence-electron chi connectivity index (χ4n) is 3.37. The first-order chi connectivity index (χ1) is 13.7. The summed E-state index contributed by atoms with van der Waals surface area (Å²) in [6.07, 6.45) is 5.75. The molecule has 3 rings (SSSR count). The number of morpholine rings is 1. The van der Waals surface area contributed by atoms with Crippen LogP contribution in [0.4, 0.5) is 0 Å². The quantitative estimate of drug-likeness (QED) is 0.677. The third-order valence-electron chi connectivity index (χ3n) is 4.84. The summed E-state index contributed by atoms with van der Waals surface area (Å²) >= 11 is 0. The predicted octanol–water partition coefficient (Wildman–Crippen LogP) is 2.84. The van der Waals surface area contributed by atoms with Gasteiger partial charge in [0.25, 0.3) is 5.91 Å². The predicted molar refractivity (Wildman–Crippen MR) is 112 cm³/mol. The van der Waals surface area contributed by atoms with Crippen molar-refractivity contribution in [3.63, 3.8) is 0 Å². The second kappa shape index (κ2) is 10.1. The molecule has 0 radical (unpaired) electrons. The van der Waals surface area contributed by atoms with Gasteiger partial charge in [-0.05, 0) is 25.1 Å². The van der Waals surface area contributed by atoms with Gasteiger partial charge in [-0.1, -0.05) is 30.9 Å². The molecule has 1 aliphatic rings. The number of hydrogen-bond acceptors (Lipinski definition) is 4. The third kappa shape index (κ3) is 4.82. The van der Waals surface area contributed by atoms with E-state index in [0.29, 0.717) is 25.4 Å². The molecule has 1 aromatic heterocycles. The van der Waals surface area contributed by atoms with E-state index < -0.39 is 0 Å². The average Bonchev–Trinajstić information content (AvgIpc) is 3.10. The molecule has 28 heavy (non-hydrogen) atoms. The zero-order valence-corrected chi connectivity index (χ0v) is 16.5. The summed E-state index contributed by atoms with van der Waals surface area (Å²) in [4.78, 5) is 15.2. The smallest absolute Gasteiger partial charge is 0.268 e. The van der Waals surface area contributed by atoms with Crippen LogP contribution in [0.2, 0.25) is 0 Å². The van der Waals surface area contributed by atoms with E-state index in [1.807, 2.05) is 47.9 Å². The van der Waals surface area contributed by atoms with Crippen LogP contribution in [0.3, 0.4) is 0 Å². The van der Waals surface area contributed by atoms with Gasteiger partial charge in [0, 0.05) is 38.1 Å². The summed E-state index contributed by atoms with van der Waals surface area (Å²) in [6.45, 7) is 11.6. The number of ether oxygens (including phenoxy) is 2. The largest absolute Gasteiger partial charge is 0.489 e. The number of benzene rings is 1. The lowest BCUT2D eigenvalue weighted by molar-refractivity contribution is 0.0383. The van der Waals surface area contributed by atoms with Gasteiger partial charge in [0.15, 0.2) is 0 Å². The van der Waals surface area contributed by atoms with Crippen LogP contribution in [0.1, 0.15) is 17.4 Å². The minimum Gasteiger partial charge on any atom is -0.489 e. The van der Waals surface area contributed by atoms with E-state index >= 15 is 0 Å². The molecule has 0 unspecified atom stereocenters. The first-order valence-electron chi connectivity index (χ1n) is 9.80. The fraction of sp³-hybridized carbons (Fsp3) is 0.409. The molecule has 0 bridgehead atoms. The van der Waals surface area contributed by atoms with Crippen molar-refractivity contribution in [2.75, 3.05) is 46.0 Å². The average molecular weight is 383 g/mol. The Labute approximate surface area is 166 Å². The van der Waals surface area contributed by atoms with Crippen LogP contribution in [-0.4, -0.2) is 61.4 Å². The maximum atomic E-state index is 12.9. The van der Waals surface area contributed by atoms with Crippen molar-refractivity contribution in [2.45, 2.75) is 13.5 Å². The molecule has 1 amide bonds. The molecule has 1 aromatic carbocycles. The second-order valence-corrected chi connectivity index (χ2v) is 6.71. The monoisotopic (exact) mass is 383 g/mol. The van der Waals surface area contributed by atoms with E-state index in [0.717, 1.165) is 49.5 Å². The van der Waals surface area contributed by atoms with Crippen LogP contribution in [0.15, 0.2) is 49.1 Å². The maximum absolute atomic E-state index is 12.9. The van der Waals surface area contributed by atoms with Crippen LogP contribution in [0.5, 0.6) is 5.75 Å². The van der Waals surface area contributed by atoms with Crippen molar-refractivity contribution >= 4 is 16.8 Å². The van der Waals surface area contributed by atoms with Gasteiger partial charge in [0.1, 0.15) is 18.1 Å². The summed E-state index contributed by atoms with van der Waals surface area (Å²) in [6, 6.07) is 7.81. The van der Waals surface area contributed by atoms with E-state index in [1.165, 1.54) is 0 Å². The van der Waals surface area contributed by atoms with Crippen LogP contribution in [-0.2, 0) is 11.3 Å². The summed E-state index contributed by atoms with van der Waals surface area (Å²) in [5.74, 6) is 0.697. The van der Waals surface area contributed by atoms with Crippen LogP contribution in [0, 0.1) is 0 Å². The van der Waals surface area contributed by atoms with E-state index in [9.17, 15) is 4.79 Å². The number of carbonyl (C=O) groups excluding carboxylic acids is 1. The van der Waals surface area contributed by atoms with Crippen LogP contribution >= 0.6 is 0 Å². The normalized spacial score (nSPS) is 15.2. The Morgan fingerprint density at radius 2 is 2.18 bits per heavy atom. The van der Waals surface area contributed by atoms with Gasteiger partial charge in [0.05, 0.1) is 18.7 Å². The second-order valence-electron chi connectivity index (χ2n) is 6.71. The molecule has 0 saturated carbocycles. The van der Waals surface area contributed by atoms with Gasteiger partial charge < -0.3 is 19.4 Å². The van der Waals surface area contributed by atoms with Gasteiger partial charge in [-0.2, -0.15) is 0 Å². The SMILES string of the molecule is C=CCOc1cccc2c1cc(C(=O)NCCN1CCOCC1)n2C/C=C\C. The summed E-state index contributed by atoms with van der Waals surface area (Å²) < 4.78 is 13.2. The van der Waals surface area contributed by atoms with Crippen molar-refractivity contribution in [3.8, 4) is 5.75 Å². The van der Waals surface area contributed by atoms with Gasteiger partial charge in [-0.25, -0.2) is 0 Å². The maximum Gasteiger partial charge on any atom is 0.268 e. The van der Waals surface area contributed by atoms with E-state index in [-0.39, 0.29) is 5.91 Å². The molecule has 1 aliphatic heterocycles. The number of allylic oxidation sites excluding steroid dienone is 2. The molecule has 2 heterocycles. The van der Waals surface area contributed by atoms with Gasteiger partial charge in [-0.3, -0.25) is 9.69 Å². The molecule has 0 atom stereocenters. The number of hydrogen-bond donors (Lipinski definition) is 1. The minimum absolute atomic E-state index is 0.0661. The summed E-state index contributed by atoms with van der Waals surface area (Å²) in [7, 11) is 0. The Bertz CT molecular complexity index is 835. The Kier molecular flexibility index (Phi) is 7.28. The molecule has 150 valence electrons. The highest BCUT2D eigenvalue weighted by molar-refractivity contribution is 6.00. The molecule has 1 fully saturated rings. The lowest BCUT2D eigenvalue weighted by Gasteiger charge is -2.26.